The van der Waals surface area contributed by atoms with Crippen molar-refractivity contribution >= 4 is 23.5 Å². The van der Waals surface area contributed by atoms with Crippen LogP contribution in [0.3, 0.4) is 0 Å². The highest BCUT2D eigenvalue weighted by atomic mass is 16.5. The van der Waals surface area contributed by atoms with Gasteiger partial charge >= 0.3 is 5.97 Å². The highest BCUT2D eigenvalue weighted by Gasteiger charge is 2.34. The van der Waals surface area contributed by atoms with Crippen molar-refractivity contribution in [3.8, 4) is 0 Å². The molecule has 1 aliphatic heterocycles. The minimum absolute atomic E-state index is 0.0615. The van der Waals surface area contributed by atoms with Gasteiger partial charge in [-0.05, 0) is 42.8 Å². The van der Waals surface area contributed by atoms with Crippen LogP contribution < -0.4 is 5.32 Å². The second-order valence-corrected chi connectivity index (χ2v) is 5.63. The van der Waals surface area contributed by atoms with Crippen molar-refractivity contribution in [3.63, 3.8) is 0 Å². The number of esters is 1. The van der Waals surface area contributed by atoms with Crippen molar-refractivity contribution in [1.29, 1.82) is 0 Å². The quantitative estimate of drug-likeness (QED) is 0.647. The lowest BCUT2D eigenvalue weighted by Crippen LogP contribution is -2.34. The molecule has 0 radical (unpaired) electrons. The summed E-state index contributed by atoms with van der Waals surface area (Å²) in [4.78, 5) is 37.5. The van der Waals surface area contributed by atoms with Gasteiger partial charge < -0.3 is 10.1 Å². The molecule has 128 valence electrons. The first-order chi connectivity index (χ1) is 12.1. The molecule has 0 saturated carbocycles. The first-order valence-corrected chi connectivity index (χ1v) is 8.08. The molecule has 2 aromatic carbocycles. The van der Waals surface area contributed by atoms with E-state index in [1.54, 1.807) is 48.5 Å². The average Bonchev–Trinajstić information content (AvgIpc) is 2.89. The summed E-state index contributed by atoms with van der Waals surface area (Å²) in [6.45, 7) is 2.38. The van der Waals surface area contributed by atoms with Gasteiger partial charge in [0, 0.05) is 5.69 Å². The normalized spacial score (nSPS) is 12.9. The number of fused-ring (bicyclic) bond motifs is 1. The van der Waals surface area contributed by atoms with Gasteiger partial charge in [-0.1, -0.05) is 19.1 Å². The van der Waals surface area contributed by atoms with E-state index in [9.17, 15) is 14.4 Å². The highest BCUT2D eigenvalue weighted by molar-refractivity contribution is 6.21. The summed E-state index contributed by atoms with van der Waals surface area (Å²) in [6.07, 6.45) is 0.770. The third-order valence-electron chi connectivity index (χ3n) is 3.88. The zero-order chi connectivity index (χ0) is 17.8. The molecule has 0 aliphatic carbocycles. The monoisotopic (exact) mass is 338 g/mol. The SMILES string of the molecule is CCCOC(=O)c1ccc(NCN2C(=O)c3ccccc3C2=O)cc1. The Morgan fingerprint density at radius 2 is 1.60 bits per heavy atom. The summed E-state index contributed by atoms with van der Waals surface area (Å²) in [5.41, 5.74) is 2.00. The van der Waals surface area contributed by atoms with Crippen LogP contribution in [-0.2, 0) is 4.74 Å². The first kappa shape index (κ1) is 16.7. The van der Waals surface area contributed by atoms with E-state index in [1.807, 2.05) is 6.92 Å². The van der Waals surface area contributed by atoms with Gasteiger partial charge in [-0.2, -0.15) is 0 Å². The highest BCUT2D eigenvalue weighted by Crippen LogP contribution is 2.22. The number of nitrogens with one attached hydrogen (secondary N) is 1. The number of nitrogens with zero attached hydrogens (tertiary/aromatic N) is 1. The molecule has 0 saturated heterocycles. The summed E-state index contributed by atoms with van der Waals surface area (Å²) in [5, 5.41) is 3.02. The van der Waals surface area contributed by atoms with Gasteiger partial charge in [-0.25, -0.2) is 4.79 Å². The standard InChI is InChI=1S/C19H18N2O4/c1-2-11-25-19(24)13-7-9-14(10-8-13)20-12-21-17(22)15-5-3-4-6-16(15)18(21)23/h3-10,20H,2,11-12H2,1H3. The van der Waals surface area contributed by atoms with Crippen molar-refractivity contribution in [2.24, 2.45) is 0 Å². The molecule has 0 bridgehead atoms. The molecule has 2 amide bonds. The maximum absolute atomic E-state index is 12.3. The summed E-state index contributed by atoms with van der Waals surface area (Å²) in [5.74, 6) is -0.991. The van der Waals surface area contributed by atoms with E-state index < -0.39 is 0 Å². The maximum Gasteiger partial charge on any atom is 0.338 e. The number of imide groups is 1. The number of hydrogen-bond acceptors (Lipinski definition) is 5. The Morgan fingerprint density at radius 1 is 1.00 bits per heavy atom. The molecule has 0 aromatic heterocycles. The van der Waals surface area contributed by atoms with Crippen LogP contribution in [0.2, 0.25) is 0 Å². The van der Waals surface area contributed by atoms with Gasteiger partial charge in [0.05, 0.1) is 30.0 Å². The van der Waals surface area contributed by atoms with Gasteiger partial charge in [-0.15, -0.1) is 0 Å². The van der Waals surface area contributed by atoms with Gasteiger partial charge in [-0.3, -0.25) is 14.5 Å². The Kier molecular flexibility index (Phi) is 4.79. The van der Waals surface area contributed by atoms with E-state index in [4.69, 9.17) is 4.74 Å². The summed E-state index contributed by atoms with van der Waals surface area (Å²) in [6, 6.07) is 13.5. The van der Waals surface area contributed by atoms with Gasteiger partial charge in [0.2, 0.25) is 0 Å². The van der Waals surface area contributed by atoms with Crippen LogP contribution in [0.5, 0.6) is 0 Å². The molecule has 0 spiro atoms. The fourth-order valence-electron chi connectivity index (χ4n) is 2.56. The summed E-state index contributed by atoms with van der Waals surface area (Å²) >= 11 is 0. The van der Waals surface area contributed by atoms with E-state index in [1.165, 1.54) is 0 Å². The third kappa shape index (κ3) is 3.38. The van der Waals surface area contributed by atoms with Gasteiger partial charge in [0.1, 0.15) is 0 Å². The minimum atomic E-state index is -0.367. The second kappa shape index (κ2) is 7.17. The largest absolute Gasteiger partial charge is 0.462 e. The van der Waals surface area contributed by atoms with E-state index in [0.29, 0.717) is 29.0 Å². The molecular weight excluding hydrogens is 320 g/mol. The van der Waals surface area contributed by atoms with Crippen LogP contribution in [0.25, 0.3) is 0 Å². The predicted octanol–water partition coefficient (Wildman–Crippen LogP) is 2.92. The molecule has 1 aliphatic rings. The van der Waals surface area contributed by atoms with Crippen LogP contribution in [0.1, 0.15) is 44.4 Å². The molecule has 0 fully saturated rings. The fraction of sp³-hybridized carbons (Fsp3) is 0.211. The Hall–Kier alpha value is -3.15. The Labute approximate surface area is 145 Å². The molecule has 1 heterocycles. The smallest absolute Gasteiger partial charge is 0.338 e. The van der Waals surface area contributed by atoms with Crippen LogP contribution in [0, 0.1) is 0 Å². The molecular formula is C19H18N2O4. The number of rotatable bonds is 6. The van der Waals surface area contributed by atoms with Gasteiger partial charge in [0.25, 0.3) is 11.8 Å². The van der Waals surface area contributed by atoms with Crippen LogP contribution >= 0.6 is 0 Å². The average molecular weight is 338 g/mol. The van der Waals surface area contributed by atoms with Crippen molar-refractivity contribution in [1.82, 2.24) is 4.90 Å². The molecule has 6 nitrogen and oxygen atoms in total. The zero-order valence-corrected chi connectivity index (χ0v) is 13.8. The van der Waals surface area contributed by atoms with Crippen molar-refractivity contribution in [2.45, 2.75) is 13.3 Å². The molecule has 0 atom stereocenters. The Morgan fingerprint density at radius 3 is 2.16 bits per heavy atom. The molecule has 25 heavy (non-hydrogen) atoms. The lowest BCUT2D eigenvalue weighted by molar-refractivity contribution is 0.0504. The third-order valence-corrected chi connectivity index (χ3v) is 3.88. The summed E-state index contributed by atoms with van der Waals surface area (Å²) < 4.78 is 5.07. The minimum Gasteiger partial charge on any atom is -0.462 e. The van der Waals surface area contributed by atoms with Crippen LogP contribution in [0.4, 0.5) is 5.69 Å². The molecule has 3 rings (SSSR count). The lowest BCUT2D eigenvalue weighted by Gasteiger charge is -2.15. The number of carbonyl (C=O) groups excluding carboxylic acids is 3. The van der Waals surface area contributed by atoms with Crippen LogP contribution in [-0.4, -0.2) is 36.0 Å². The van der Waals surface area contributed by atoms with Crippen molar-refractivity contribution in [3.05, 3.63) is 65.2 Å². The van der Waals surface area contributed by atoms with Crippen LogP contribution in [0.15, 0.2) is 48.5 Å². The molecule has 6 heteroatoms. The van der Waals surface area contributed by atoms with E-state index in [2.05, 4.69) is 5.32 Å². The van der Waals surface area contributed by atoms with Gasteiger partial charge in [0.15, 0.2) is 0 Å². The summed E-state index contributed by atoms with van der Waals surface area (Å²) in [7, 11) is 0. The van der Waals surface area contributed by atoms with E-state index in [0.717, 1.165) is 11.3 Å². The zero-order valence-electron chi connectivity index (χ0n) is 13.8. The second-order valence-electron chi connectivity index (χ2n) is 5.63. The van der Waals surface area contributed by atoms with Crippen molar-refractivity contribution < 1.29 is 19.1 Å². The van der Waals surface area contributed by atoms with E-state index >= 15 is 0 Å². The first-order valence-electron chi connectivity index (χ1n) is 8.08. The molecule has 0 unspecified atom stereocenters. The molecule has 2 aromatic rings. The number of ether oxygens (including phenoxy) is 1. The maximum atomic E-state index is 12.3. The number of hydrogen-bond donors (Lipinski definition) is 1. The Bertz CT molecular complexity index is 779. The number of carbonyl (C=O) groups is 3. The fourth-order valence-corrected chi connectivity index (χ4v) is 2.56. The number of amides is 2. The predicted molar refractivity (Wildman–Crippen MR) is 92.4 cm³/mol. The Balaban J connectivity index is 1.62. The number of anilines is 1. The van der Waals surface area contributed by atoms with E-state index in [-0.39, 0.29) is 24.5 Å². The topological polar surface area (TPSA) is 75.7 Å². The lowest BCUT2D eigenvalue weighted by atomic mass is 10.1. The number of benzene rings is 2. The van der Waals surface area contributed by atoms with Crippen molar-refractivity contribution in [2.75, 3.05) is 18.6 Å². The molecule has 1 N–H and O–H groups in total.